The lowest BCUT2D eigenvalue weighted by Gasteiger charge is -2.04. The Kier molecular flexibility index (Phi) is 24.1. The van der Waals surface area contributed by atoms with Gasteiger partial charge >= 0.3 is 0 Å². The number of amides is 1. The second kappa shape index (κ2) is 23.1. The normalized spacial score (nSPS) is 10.3. The van der Waals surface area contributed by atoms with Crippen LogP contribution in [-0.4, -0.2) is 25.0 Å². The molecule has 0 aliphatic rings. The van der Waals surface area contributed by atoms with Crippen LogP contribution >= 0.6 is 12.4 Å². The summed E-state index contributed by atoms with van der Waals surface area (Å²) in [6.45, 7) is 3.23. The Balaban J connectivity index is 0. The fourth-order valence-electron chi connectivity index (χ4n) is 3.13. The van der Waals surface area contributed by atoms with Gasteiger partial charge in [0.2, 0.25) is 5.91 Å². The van der Waals surface area contributed by atoms with Gasteiger partial charge < -0.3 is 16.8 Å². The number of nitrogens with one attached hydrogen (secondary N) is 1. The van der Waals surface area contributed by atoms with E-state index < -0.39 is 0 Å². The number of carbonyl (C=O) groups is 1. The summed E-state index contributed by atoms with van der Waals surface area (Å²) < 4.78 is 0. The van der Waals surface area contributed by atoms with Crippen LogP contribution in [0.5, 0.6) is 0 Å². The smallest absolute Gasteiger partial charge is 0.220 e. The summed E-state index contributed by atoms with van der Waals surface area (Å²) in [6, 6.07) is 0. The second-order valence-corrected chi connectivity index (χ2v) is 7.36. The Morgan fingerprint density at radius 3 is 1.56 bits per heavy atom. The lowest BCUT2D eigenvalue weighted by Crippen LogP contribution is -2.28. The molecular weight excluding hydrogens is 360 g/mol. The predicted octanol–water partition coefficient (Wildman–Crippen LogP) is 5.06. The maximum absolute atomic E-state index is 11.6. The zero-order chi connectivity index (χ0) is 19.3. The SMILES string of the molecule is CCCCCCCCCCCCCCCCCC(=O)NCCN=C(N)N.Cl. The summed E-state index contributed by atoms with van der Waals surface area (Å²) in [7, 11) is 0. The average molecular weight is 405 g/mol. The lowest BCUT2D eigenvalue weighted by molar-refractivity contribution is -0.121. The summed E-state index contributed by atoms with van der Waals surface area (Å²) in [5.74, 6) is 0.173. The molecule has 5 N–H and O–H groups in total. The van der Waals surface area contributed by atoms with E-state index in [1.807, 2.05) is 0 Å². The predicted molar refractivity (Wildman–Crippen MR) is 120 cm³/mol. The molecule has 0 heterocycles. The molecule has 0 aliphatic carbocycles. The lowest BCUT2D eigenvalue weighted by atomic mass is 10.0. The van der Waals surface area contributed by atoms with Gasteiger partial charge in [-0.3, -0.25) is 9.79 Å². The van der Waals surface area contributed by atoms with Gasteiger partial charge in [0, 0.05) is 13.0 Å². The number of carbonyl (C=O) groups excluding carboxylic acids is 1. The van der Waals surface area contributed by atoms with Crippen LogP contribution in [0.15, 0.2) is 4.99 Å². The van der Waals surface area contributed by atoms with Crippen LogP contribution in [0.25, 0.3) is 0 Å². The highest BCUT2D eigenvalue weighted by molar-refractivity contribution is 5.85. The molecule has 0 aromatic carbocycles. The Hall–Kier alpha value is -0.970. The van der Waals surface area contributed by atoms with Crippen LogP contribution in [0.3, 0.4) is 0 Å². The van der Waals surface area contributed by atoms with Crippen LogP contribution in [-0.2, 0) is 4.79 Å². The van der Waals surface area contributed by atoms with Gasteiger partial charge in [-0.25, -0.2) is 0 Å². The van der Waals surface area contributed by atoms with Crippen LogP contribution < -0.4 is 16.8 Å². The highest BCUT2D eigenvalue weighted by Crippen LogP contribution is 2.13. The number of hydrogen-bond donors (Lipinski definition) is 3. The number of nitrogens with two attached hydrogens (primary N) is 2. The number of rotatable bonds is 19. The molecule has 0 aliphatic heterocycles. The van der Waals surface area contributed by atoms with E-state index in [0.29, 0.717) is 19.5 Å². The minimum Gasteiger partial charge on any atom is -0.370 e. The summed E-state index contributed by atoms with van der Waals surface area (Å²) >= 11 is 0. The maximum atomic E-state index is 11.6. The van der Waals surface area contributed by atoms with Gasteiger partial charge in [-0.1, -0.05) is 96.8 Å². The van der Waals surface area contributed by atoms with Crippen LogP contribution in [0.4, 0.5) is 0 Å². The van der Waals surface area contributed by atoms with Gasteiger partial charge in [-0.15, -0.1) is 12.4 Å². The molecule has 6 heteroatoms. The van der Waals surface area contributed by atoms with E-state index in [4.69, 9.17) is 11.5 Å². The van der Waals surface area contributed by atoms with Gasteiger partial charge in [0.25, 0.3) is 0 Å². The Morgan fingerprint density at radius 2 is 1.15 bits per heavy atom. The first-order valence-electron chi connectivity index (χ1n) is 11.0. The van der Waals surface area contributed by atoms with Gasteiger partial charge in [0.1, 0.15) is 0 Å². The largest absolute Gasteiger partial charge is 0.370 e. The summed E-state index contributed by atoms with van der Waals surface area (Å²) in [5.41, 5.74) is 10.4. The molecule has 0 unspecified atom stereocenters. The van der Waals surface area contributed by atoms with E-state index in [-0.39, 0.29) is 24.3 Å². The van der Waals surface area contributed by atoms with Crippen molar-refractivity contribution in [1.29, 1.82) is 0 Å². The van der Waals surface area contributed by atoms with Crippen molar-refractivity contribution in [3.63, 3.8) is 0 Å². The standard InChI is InChI=1S/C21H44N4O.ClH/c1-2-3-4-5-6-7-8-9-10-11-12-13-14-15-16-17-20(26)24-18-19-25-21(22)23;/h2-19H2,1H3,(H,24,26)(H4,22,23,25);1H. The van der Waals surface area contributed by atoms with Crippen LogP contribution in [0.1, 0.15) is 110 Å². The van der Waals surface area contributed by atoms with Crippen LogP contribution in [0.2, 0.25) is 0 Å². The average Bonchev–Trinajstić information content (AvgIpc) is 2.62. The molecule has 0 aromatic heterocycles. The third-order valence-electron chi connectivity index (χ3n) is 4.74. The first-order valence-corrected chi connectivity index (χ1v) is 11.0. The third kappa shape index (κ3) is 25.0. The van der Waals surface area contributed by atoms with Crippen molar-refractivity contribution in [2.45, 2.75) is 110 Å². The van der Waals surface area contributed by atoms with Crippen molar-refractivity contribution < 1.29 is 4.79 Å². The molecule has 0 spiro atoms. The molecular formula is C21H45ClN4O. The molecule has 0 bridgehead atoms. The topological polar surface area (TPSA) is 93.5 Å². The maximum Gasteiger partial charge on any atom is 0.220 e. The minimum absolute atomic E-state index is 0. The van der Waals surface area contributed by atoms with Crippen molar-refractivity contribution >= 4 is 24.3 Å². The van der Waals surface area contributed by atoms with E-state index in [2.05, 4.69) is 17.2 Å². The minimum atomic E-state index is 0. The number of guanidine groups is 1. The van der Waals surface area contributed by atoms with Gasteiger partial charge in [0.05, 0.1) is 6.54 Å². The molecule has 0 fully saturated rings. The number of aliphatic imine (C=N–C) groups is 1. The van der Waals surface area contributed by atoms with E-state index in [0.717, 1.165) is 12.8 Å². The second-order valence-electron chi connectivity index (χ2n) is 7.36. The Morgan fingerprint density at radius 1 is 0.741 bits per heavy atom. The molecule has 5 nitrogen and oxygen atoms in total. The Labute approximate surface area is 173 Å². The molecule has 0 saturated heterocycles. The summed E-state index contributed by atoms with van der Waals surface area (Å²) in [6.07, 6.45) is 20.7. The van der Waals surface area contributed by atoms with Crippen molar-refractivity contribution in [3.05, 3.63) is 0 Å². The number of unbranched alkanes of at least 4 members (excludes halogenated alkanes) is 14. The monoisotopic (exact) mass is 404 g/mol. The molecule has 27 heavy (non-hydrogen) atoms. The first-order chi connectivity index (χ1) is 12.7. The van der Waals surface area contributed by atoms with Crippen molar-refractivity contribution in [3.8, 4) is 0 Å². The fourth-order valence-corrected chi connectivity index (χ4v) is 3.13. The van der Waals surface area contributed by atoms with Crippen LogP contribution in [0, 0.1) is 0 Å². The summed E-state index contributed by atoms with van der Waals surface area (Å²) in [5, 5.41) is 2.83. The van der Waals surface area contributed by atoms with E-state index >= 15 is 0 Å². The van der Waals surface area contributed by atoms with E-state index in [1.54, 1.807) is 0 Å². The fraction of sp³-hybridized carbons (Fsp3) is 0.905. The van der Waals surface area contributed by atoms with Crippen molar-refractivity contribution in [2.75, 3.05) is 13.1 Å². The highest BCUT2D eigenvalue weighted by atomic mass is 35.5. The summed E-state index contributed by atoms with van der Waals surface area (Å²) in [4.78, 5) is 15.4. The Bertz CT molecular complexity index is 347. The molecule has 0 rings (SSSR count). The molecule has 0 aromatic rings. The van der Waals surface area contributed by atoms with Gasteiger partial charge in [0.15, 0.2) is 5.96 Å². The zero-order valence-electron chi connectivity index (χ0n) is 17.6. The van der Waals surface area contributed by atoms with Crippen molar-refractivity contribution in [2.24, 2.45) is 16.5 Å². The molecule has 0 saturated carbocycles. The molecule has 1 amide bonds. The van der Waals surface area contributed by atoms with Crippen molar-refractivity contribution in [1.82, 2.24) is 5.32 Å². The quantitative estimate of drug-likeness (QED) is 0.159. The number of halogens is 1. The third-order valence-corrected chi connectivity index (χ3v) is 4.74. The molecule has 162 valence electrons. The van der Waals surface area contributed by atoms with Gasteiger partial charge in [-0.2, -0.15) is 0 Å². The zero-order valence-corrected chi connectivity index (χ0v) is 18.5. The van der Waals surface area contributed by atoms with E-state index in [1.165, 1.54) is 83.5 Å². The number of hydrogen-bond acceptors (Lipinski definition) is 2. The number of nitrogens with zero attached hydrogens (tertiary/aromatic N) is 1. The molecule has 0 radical (unpaired) electrons. The van der Waals surface area contributed by atoms with E-state index in [9.17, 15) is 4.79 Å². The van der Waals surface area contributed by atoms with Gasteiger partial charge in [-0.05, 0) is 6.42 Å². The first kappa shape index (κ1) is 28.2. The highest BCUT2D eigenvalue weighted by Gasteiger charge is 2.00. The molecule has 0 atom stereocenters.